The number of ether oxygens (including phenoxy) is 1. The van der Waals surface area contributed by atoms with Crippen molar-refractivity contribution in [2.75, 3.05) is 0 Å². The van der Waals surface area contributed by atoms with Crippen LogP contribution in [-0.2, 0) is 4.74 Å². The molecule has 51 valence electrons. The molecule has 1 aliphatic carbocycles. The topological polar surface area (TPSA) is 9.23 Å². The smallest absolute Gasteiger partial charge is 0.133 e. The average Bonchev–Trinajstić information content (AvgIpc) is 2.27. The van der Waals surface area contributed by atoms with Crippen molar-refractivity contribution in [1.82, 2.24) is 0 Å². The molecule has 0 amide bonds. The van der Waals surface area contributed by atoms with Gasteiger partial charge in [-0.05, 0) is 24.0 Å². The van der Waals surface area contributed by atoms with Gasteiger partial charge in [-0.25, -0.2) is 0 Å². The summed E-state index contributed by atoms with van der Waals surface area (Å²) < 4.78 is 5.23. The van der Waals surface area contributed by atoms with Crippen LogP contribution in [0.3, 0.4) is 0 Å². The van der Waals surface area contributed by atoms with E-state index in [9.17, 15) is 0 Å². The Morgan fingerprint density at radius 3 is 3.40 bits per heavy atom. The predicted molar refractivity (Wildman–Crippen MR) is 38.8 cm³/mol. The van der Waals surface area contributed by atoms with Gasteiger partial charge in [-0.3, -0.25) is 0 Å². The first-order valence-corrected chi connectivity index (χ1v) is 3.52. The quantitative estimate of drug-likeness (QED) is 0.492. The van der Waals surface area contributed by atoms with Crippen LogP contribution in [0.4, 0.5) is 0 Å². The van der Waals surface area contributed by atoms with E-state index in [0.717, 1.165) is 12.2 Å². The second-order valence-corrected chi connectivity index (χ2v) is 2.72. The fraction of sp³-hybridized carbons (Fsp3) is 0.333. The molecule has 0 saturated carbocycles. The molecule has 0 aromatic heterocycles. The van der Waals surface area contributed by atoms with Gasteiger partial charge in [0.2, 0.25) is 0 Å². The molecule has 0 bridgehead atoms. The van der Waals surface area contributed by atoms with Gasteiger partial charge in [-0.15, -0.1) is 0 Å². The first kappa shape index (κ1) is 5.78. The molecule has 1 atom stereocenters. The van der Waals surface area contributed by atoms with Gasteiger partial charge < -0.3 is 4.74 Å². The molecule has 0 saturated heterocycles. The van der Waals surface area contributed by atoms with Crippen LogP contribution in [0, 0.1) is 12.0 Å². The molecule has 1 heteroatoms. The van der Waals surface area contributed by atoms with Crippen LogP contribution in [0.5, 0.6) is 0 Å². The van der Waals surface area contributed by atoms with Gasteiger partial charge in [0, 0.05) is 6.08 Å². The van der Waals surface area contributed by atoms with E-state index in [-0.39, 0.29) is 0 Å². The van der Waals surface area contributed by atoms with Crippen molar-refractivity contribution < 1.29 is 4.74 Å². The molecule has 10 heavy (non-hydrogen) atoms. The summed E-state index contributed by atoms with van der Waals surface area (Å²) in [5, 5.41) is 0. The minimum absolute atomic E-state index is 0.529. The molecule has 1 nitrogen and oxygen atoms in total. The molecular weight excluding hydrogens is 124 g/mol. The molecule has 1 unspecified atom stereocenters. The third kappa shape index (κ3) is 0.783. The molecule has 0 aromatic rings. The maximum absolute atomic E-state index is 5.23. The van der Waals surface area contributed by atoms with Gasteiger partial charge in [0.1, 0.15) is 5.76 Å². The standard InChI is InChI=1S/C9H9O/c1-7-5-8-3-2-4-10-9(8)6-7/h2-4,7H,5H2,1H3. The summed E-state index contributed by atoms with van der Waals surface area (Å²) in [6, 6.07) is 0. The third-order valence-corrected chi connectivity index (χ3v) is 1.76. The SMILES string of the molecule is CC1[C]=C2OC=CC=C2C1. The van der Waals surface area contributed by atoms with Crippen molar-refractivity contribution in [3.63, 3.8) is 0 Å². The fourth-order valence-electron chi connectivity index (χ4n) is 1.31. The monoisotopic (exact) mass is 133 g/mol. The largest absolute Gasteiger partial charge is 0.464 e. The number of allylic oxidation sites excluding steroid dienone is 4. The van der Waals surface area contributed by atoms with Gasteiger partial charge in [0.25, 0.3) is 0 Å². The van der Waals surface area contributed by atoms with Crippen LogP contribution in [0.1, 0.15) is 13.3 Å². The summed E-state index contributed by atoms with van der Waals surface area (Å²) >= 11 is 0. The highest BCUT2D eigenvalue weighted by Gasteiger charge is 2.19. The van der Waals surface area contributed by atoms with Gasteiger partial charge in [0.15, 0.2) is 0 Å². The van der Waals surface area contributed by atoms with Crippen molar-refractivity contribution in [3.8, 4) is 0 Å². The molecule has 1 heterocycles. The summed E-state index contributed by atoms with van der Waals surface area (Å²) in [6.07, 6.45) is 10.0. The van der Waals surface area contributed by atoms with Crippen molar-refractivity contribution >= 4 is 0 Å². The first-order chi connectivity index (χ1) is 4.86. The maximum Gasteiger partial charge on any atom is 0.133 e. The van der Waals surface area contributed by atoms with Gasteiger partial charge >= 0.3 is 0 Å². The summed E-state index contributed by atoms with van der Waals surface area (Å²) in [4.78, 5) is 0. The molecule has 1 radical (unpaired) electrons. The van der Waals surface area contributed by atoms with Crippen LogP contribution >= 0.6 is 0 Å². The zero-order valence-corrected chi connectivity index (χ0v) is 5.92. The summed E-state index contributed by atoms with van der Waals surface area (Å²) in [5.74, 6) is 1.47. The Morgan fingerprint density at radius 2 is 2.60 bits per heavy atom. The van der Waals surface area contributed by atoms with Gasteiger partial charge in [-0.2, -0.15) is 0 Å². The summed E-state index contributed by atoms with van der Waals surface area (Å²) in [5.41, 5.74) is 1.29. The van der Waals surface area contributed by atoms with Gasteiger partial charge in [0.05, 0.1) is 6.26 Å². The van der Waals surface area contributed by atoms with Crippen molar-refractivity contribution in [1.29, 1.82) is 0 Å². The molecular formula is C9H9O. The number of hydrogen-bond acceptors (Lipinski definition) is 1. The maximum atomic E-state index is 5.23. The summed E-state index contributed by atoms with van der Waals surface area (Å²) in [6.45, 7) is 2.15. The second kappa shape index (κ2) is 2.01. The first-order valence-electron chi connectivity index (χ1n) is 3.52. The lowest BCUT2D eigenvalue weighted by Crippen LogP contribution is -1.89. The molecule has 0 fully saturated rings. The number of fused-ring (bicyclic) bond motifs is 1. The van der Waals surface area contributed by atoms with Crippen LogP contribution in [-0.4, -0.2) is 0 Å². The highest BCUT2D eigenvalue weighted by atomic mass is 16.5. The zero-order valence-electron chi connectivity index (χ0n) is 5.92. The van der Waals surface area contributed by atoms with E-state index >= 15 is 0 Å². The lowest BCUT2D eigenvalue weighted by molar-refractivity contribution is 0.357. The Balaban J connectivity index is 2.33. The van der Waals surface area contributed by atoms with E-state index in [0.29, 0.717) is 5.92 Å². The number of hydrogen-bond donors (Lipinski definition) is 0. The van der Waals surface area contributed by atoms with E-state index in [1.165, 1.54) is 5.57 Å². The van der Waals surface area contributed by atoms with Gasteiger partial charge in [-0.1, -0.05) is 13.0 Å². The van der Waals surface area contributed by atoms with Crippen LogP contribution in [0.2, 0.25) is 0 Å². The number of rotatable bonds is 0. The highest BCUT2D eigenvalue weighted by molar-refractivity contribution is 5.35. The Hall–Kier alpha value is -0.980. The molecule has 0 aromatic carbocycles. The fourth-order valence-corrected chi connectivity index (χ4v) is 1.31. The van der Waals surface area contributed by atoms with Crippen molar-refractivity contribution in [2.45, 2.75) is 13.3 Å². The minimum Gasteiger partial charge on any atom is -0.464 e. The van der Waals surface area contributed by atoms with Crippen LogP contribution in [0.25, 0.3) is 0 Å². The van der Waals surface area contributed by atoms with E-state index in [1.807, 2.05) is 6.08 Å². The molecule has 2 aliphatic rings. The Kier molecular flexibility index (Phi) is 1.16. The van der Waals surface area contributed by atoms with E-state index in [1.54, 1.807) is 6.26 Å². The lowest BCUT2D eigenvalue weighted by Gasteiger charge is -2.06. The molecule has 1 aliphatic heterocycles. The predicted octanol–water partition coefficient (Wildman–Crippen LogP) is 2.18. The molecule has 0 spiro atoms. The normalized spacial score (nSPS) is 28.7. The molecule has 2 rings (SSSR count). The van der Waals surface area contributed by atoms with Crippen LogP contribution < -0.4 is 0 Å². The van der Waals surface area contributed by atoms with Crippen molar-refractivity contribution in [2.24, 2.45) is 5.92 Å². The minimum atomic E-state index is 0.529. The Bertz CT molecular complexity index is 233. The van der Waals surface area contributed by atoms with Crippen molar-refractivity contribution in [3.05, 3.63) is 35.8 Å². The lowest BCUT2D eigenvalue weighted by atomic mass is 10.1. The Labute approximate surface area is 60.7 Å². The van der Waals surface area contributed by atoms with E-state index < -0.39 is 0 Å². The third-order valence-electron chi connectivity index (χ3n) is 1.76. The zero-order chi connectivity index (χ0) is 6.97. The Morgan fingerprint density at radius 1 is 1.70 bits per heavy atom. The summed E-state index contributed by atoms with van der Waals surface area (Å²) in [7, 11) is 0. The average molecular weight is 133 g/mol. The van der Waals surface area contributed by atoms with E-state index in [4.69, 9.17) is 4.74 Å². The van der Waals surface area contributed by atoms with Crippen LogP contribution in [0.15, 0.2) is 29.7 Å². The van der Waals surface area contributed by atoms with E-state index in [2.05, 4.69) is 19.1 Å². The highest BCUT2D eigenvalue weighted by Crippen LogP contribution is 2.31. The molecule has 0 N–H and O–H groups in total. The second-order valence-electron chi connectivity index (χ2n) is 2.72.